The summed E-state index contributed by atoms with van der Waals surface area (Å²) < 4.78 is 16.6. The molecule has 1 N–H and O–H groups in total. The SMILES string of the molecule is COc1cc(CNCc2ccco2)c(Cl)cc1OCc1ccccc1. The lowest BCUT2D eigenvalue weighted by molar-refractivity contribution is 0.284. The van der Waals surface area contributed by atoms with Gasteiger partial charge in [0, 0.05) is 17.6 Å². The lowest BCUT2D eigenvalue weighted by atomic mass is 10.2. The summed E-state index contributed by atoms with van der Waals surface area (Å²) in [5, 5.41) is 3.93. The van der Waals surface area contributed by atoms with Gasteiger partial charge in [0.05, 0.1) is 19.9 Å². The molecular formula is C20H20ClNO3. The molecule has 3 rings (SSSR count). The molecule has 2 aromatic carbocycles. The first-order chi connectivity index (χ1) is 12.3. The highest BCUT2D eigenvalue weighted by Gasteiger charge is 2.11. The summed E-state index contributed by atoms with van der Waals surface area (Å²) in [6, 6.07) is 17.5. The van der Waals surface area contributed by atoms with Crippen LogP contribution in [0, 0.1) is 0 Å². The number of furan rings is 1. The minimum Gasteiger partial charge on any atom is -0.493 e. The molecule has 0 amide bonds. The molecule has 0 bridgehead atoms. The number of hydrogen-bond acceptors (Lipinski definition) is 4. The average Bonchev–Trinajstić information content (AvgIpc) is 3.15. The molecular weight excluding hydrogens is 338 g/mol. The topological polar surface area (TPSA) is 43.6 Å². The van der Waals surface area contributed by atoms with E-state index in [9.17, 15) is 0 Å². The van der Waals surface area contributed by atoms with Crippen molar-refractivity contribution in [3.8, 4) is 11.5 Å². The molecule has 4 nitrogen and oxygen atoms in total. The number of halogens is 1. The van der Waals surface area contributed by atoms with E-state index in [1.807, 2.05) is 48.5 Å². The van der Waals surface area contributed by atoms with Crippen molar-refractivity contribution in [1.29, 1.82) is 0 Å². The van der Waals surface area contributed by atoms with E-state index in [0.29, 0.717) is 36.2 Å². The maximum absolute atomic E-state index is 6.40. The first-order valence-electron chi connectivity index (χ1n) is 8.02. The first-order valence-corrected chi connectivity index (χ1v) is 8.40. The normalized spacial score (nSPS) is 10.6. The van der Waals surface area contributed by atoms with Crippen LogP contribution in [0.2, 0.25) is 5.02 Å². The van der Waals surface area contributed by atoms with Crippen LogP contribution in [0.1, 0.15) is 16.9 Å². The van der Waals surface area contributed by atoms with E-state index in [0.717, 1.165) is 16.9 Å². The van der Waals surface area contributed by atoms with Gasteiger partial charge in [-0.3, -0.25) is 0 Å². The van der Waals surface area contributed by atoms with Crippen LogP contribution in [-0.4, -0.2) is 7.11 Å². The van der Waals surface area contributed by atoms with Gasteiger partial charge < -0.3 is 19.2 Å². The van der Waals surface area contributed by atoms with Gasteiger partial charge in [-0.15, -0.1) is 0 Å². The highest BCUT2D eigenvalue weighted by atomic mass is 35.5. The van der Waals surface area contributed by atoms with Gasteiger partial charge in [0.2, 0.25) is 0 Å². The monoisotopic (exact) mass is 357 g/mol. The summed E-state index contributed by atoms with van der Waals surface area (Å²) in [5.41, 5.74) is 2.03. The zero-order valence-corrected chi connectivity index (χ0v) is 14.8. The summed E-state index contributed by atoms with van der Waals surface area (Å²) in [6.07, 6.45) is 1.66. The molecule has 5 heteroatoms. The van der Waals surface area contributed by atoms with Gasteiger partial charge in [0.1, 0.15) is 12.4 Å². The maximum Gasteiger partial charge on any atom is 0.163 e. The molecule has 0 aliphatic rings. The van der Waals surface area contributed by atoms with E-state index in [1.165, 1.54) is 0 Å². The Morgan fingerprint density at radius 3 is 2.56 bits per heavy atom. The highest BCUT2D eigenvalue weighted by Crippen LogP contribution is 2.34. The summed E-state index contributed by atoms with van der Waals surface area (Å²) >= 11 is 6.40. The molecule has 1 heterocycles. The fraction of sp³-hybridized carbons (Fsp3) is 0.200. The molecule has 3 aromatic rings. The van der Waals surface area contributed by atoms with E-state index < -0.39 is 0 Å². The third-order valence-electron chi connectivity index (χ3n) is 3.76. The second-order valence-corrected chi connectivity index (χ2v) is 5.96. The summed E-state index contributed by atoms with van der Waals surface area (Å²) in [5.74, 6) is 2.17. The maximum atomic E-state index is 6.40. The third-order valence-corrected chi connectivity index (χ3v) is 4.12. The molecule has 130 valence electrons. The van der Waals surface area contributed by atoms with E-state index in [1.54, 1.807) is 19.4 Å². The zero-order valence-electron chi connectivity index (χ0n) is 14.0. The van der Waals surface area contributed by atoms with Gasteiger partial charge in [-0.05, 0) is 29.3 Å². The molecule has 0 aliphatic carbocycles. The zero-order chi connectivity index (χ0) is 17.5. The third kappa shape index (κ3) is 4.78. The molecule has 1 aromatic heterocycles. The fourth-order valence-corrected chi connectivity index (χ4v) is 2.67. The number of rotatable bonds is 8. The average molecular weight is 358 g/mol. The van der Waals surface area contributed by atoms with Gasteiger partial charge in [0.15, 0.2) is 11.5 Å². The van der Waals surface area contributed by atoms with Crippen molar-refractivity contribution in [2.75, 3.05) is 7.11 Å². The first kappa shape index (κ1) is 17.4. The second kappa shape index (κ2) is 8.60. The summed E-state index contributed by atoms with van der Waals surface area (Å²) in [6.45, 7) is 1.70. The van der Waals surface area contributed by atoms with Crippen molar-refractivity contribution in [2.45, 2.75) is 19.7 Å². The smallest absolute Gasteiger partial charge is 0.163 e. The molecule has 0 unspecified atom stereocenters. The van der Waals surface area contributed by atoms with Crippen LogP contribution in [0.15, 0.2) is 65.3 Å². The fourth-order valence-electron chi connectivity index (χ4n) is 2.45. The molecule has 0 saturated heterocycles. The quantitative estimate of drug-likeness (QED) is 0.628. The predicted octanol–water partition coefficient (Wildman–Crippen LogP) is 4.81. The van der Waals surface area contributed by atoms with E-state index >= 15 is 0 Å². The summed E-state index contributed by atoms with van der Waals surface area (Å²) in [4.78, 5) is 0. The predicted molar refractivity (Wildman–Crippen MR) is 98.0 cm³/mol. The molecule has 0 spiro atoms. The number of hydrogen-bond donors (Lipinski definition) is 1. The van der Waals surface area contributed by atoms with Crippen LogP contribution in [0.4, 0.5) is 0 Å². The van der Waals surface area contributed by atoms with Crippen LogP contribution in [0.5, 0.6) is 11.5 Å². The van der Waals surface area contributed by atoms with Crippen molar-refractivity contribution in [3.63, 3.8) is 0 Å². The van der Waals surface area contributed by atoms with Crippen molar-refractivity contribution in [3.05, 3.63) is 82.8 Å². The number of benzene rings is 2. The van der Waals surface area contributed by atoms with Crippen molar-refractivity contribution < 1.29 is 13.9 Å². The second-order valence-electron chi connectivity index (χ2n) is 5.55. The van der Waals surface area contributed by atoms with E-state index in [4.69, 9.17) is 25.5 Å². The van der Waals surface area contributed by atoms with E-state index in [2.05, 4.69) is 5.32 Å². The Bertz CT molecular complexity index is 788. The van der Waals surface area contributed by atoms with Crippen molar-refractivity contribution in [2.24, 2.45) is 0 Å². The Labute approximate surface area is 152 Å². The molecule has 0 aliphatic heterocycles. The van der Waals surface area contributed by atoms with Gasteiger partial charge in [0.25, 0.3) is 0 Å². The van der Waals surface area contributed by atoms with Crippen LogP contribution >= 0.6 is 11.6 Å². The van der Waals surface area contributed by atoms with Crippen LogP contribution in [-0.2, 0) is 19.7 Å². The number of methoxy groups -OCH3 is 1. The Morgan fingerprint density at radius 2 is 1.84 bits per heavy atom. The lowest BCUT2D eigenvalue weighted by Gasteiger charge is -2.14. The van der Waals surface area contributed by atoms with Gasteiger partial charge in [-0.2, -0.15) is 0 Å². The Balaban J connectivity index is 1.65. The van der Waals surface area contributed by atoms with Gasteiger partial charge in [-0.1, -0.05) is 41.9 Å². The minimum absolute atomic E-state index is 0.462. The Morgan fingerprint density at radius 1 is 1.00 bits per heavy atom. The minimum atomic E-state index is 0.462. The van der Waals surface area contributed by atoms with Crippen LogP contribution in [0.3, 0.4) is 0 Å². The highest BCUT2D eigenvalue weighted by molar-refractivity contribution is 6.31. The standard InChI is InChI=1S/C20H20ClNO3/c1-23-19-10-16(12-22-13-17-8-5-9-24-17)18(21)11-20(19)25-14-15-6-3-2-4-7-15/h2-11,22H,12-14H2,1H3. The summed E-state index contributed by atoms with van der Waals surface area (Å²) in [7, 11) is 1.62. The van der Waals surface area contributed by atoms with Crippen molar-refractivity contribution >= 4 is 11.6 Å². The van der Waals surface area contributed by atoms with Gasteiger partial charge in [-0.25, -0.2) is 0 Å². The molecule has 0 saturated carbocycles. The van der Waals surface area contributed by atoms with Crippen LogP contribution in [0.25, 0.3) is 0 Å². The lowest BCUT2D eigenvalue weighted by Crippen LogP contribution is -2.12. The van der Waals surface area contributed by atoms with Crippen LogP contribution < -0.4 is 14.8 Å². The largest absolute Gasteiger partial charge is 0.493 e. The molecule has 0 fully saturated rings. The Hall–Kier alpha value is -2.43. The number of ether oxygens (including phenoxy) is 2. The number of nitrogens with one attached hydrogen (secondary N) is 1. The van der Waals surface area contributed by atoms with Gasteiger partial charge >= 0.3 is 0 Å². The Kier molecular flexibility index (Phi) is 5.99. The molecule has 0 atom stereocenters. The molecule has 0 radical (unpaired) electrons. The molecule has 25 heavy (non-hydrogen) atoms. The van der Waals surface area contributed by atoms with E-state index in [-0.39, 0.29) is 0 Å². The van der Waals surface area contributed by atoms with Crippen molar-refractivity contribution in [1.82, 2.24) is 5.32 Å².